The molecule has 4 heteroatoms. The van der Waals surface area contributed by atoms with Gasteiger partial charge in [-0.15, -0.1) is 0 Å². The van der Waals surface area contributed by atoms with Crippen LogP contribution in [0.25, 0.3) is 11.1 Å². The van der Waals surface area contributed by atoms with Crippen molar-refractivity contribution in [2.45, 2.75) is 33.0 Å². The summed E-state index contributed by atoms with van der Waals surface area (Å²) in [7, 11) is 0. The molecule has 4 rings (SSSR count). The molecule has 3 aromatic rings. The smallest absolute Gasteiger partial charge is 0.147 e. The average molecular weight is 321 g/mol. The molecule has 1 aliphatic heterocycles. The highest BCUT2D eigenvalue weighted by atomic mass is 19.1. The van der Waals surface area contributed by atoms with Crippen molar-refractivity contribution in [1.29, 1.82) is 0 Å². The van der Waals surface area contributed by atoms with Crippen LogP contribution in [0.15, 0.2) is 54.9 Å². The van der Waals surface area contributed by atoms with Crippen LogP contribution in [0.5, 0.6) is 0 Å². The minimum absolute atomic E-state index is 0.177. The Morgan fingerprint density at radius 2 is 1.79 bits per heavy atom. The molecule has 0 bridgehead atoms. The van der Waals surface area contributed by atoms with Gasteiger partial charge in [0.2, 0.25) is 0 Å². The van der Waals surface area contributed by atoms with Gasteiger partial charge in [0.1, 0.15) is 5.82 Å². The number of hydrogen-bond donors (Lipinski definition) is 0. The molecule has 122 valence electrons. The lowest BCUT2D eigenvalue weighted by Gasteiger charge is -2.19. The molecule has 0 fully saturated rings. The molecule has 2 heterocycles. The molecular weight excluding hydrogens is 301 g/mol. The maximum atomic E-state index is 14.7. The topological polar surface area (TPSA) is 21.1 Å². The van der Waals surface area contributed by atoms with Crippen LogP contribution in [0.2, 0.25) is 0 Å². The molecule has 24 heavy (non-hydrogen) atoms. The van der Waals surface area contributed by atoms with E-state index >= 15 is 0 Å². The van der Waals surface area contributed by atoms with Gasteiger partial charge < -0.3 is 4.90 Å². The number of nitrogens with zero attached hydrogens (tertiary/aromatic N) is 3. The van der Waals surface area contributed by atoms with E-state index in [1.807, 2.05) is 35.1 Å². The second-order valence-corrected chi connectivity index (χ2v) is 6.28. The van der Waals surface area contributed by atoms with Gasteiger partial charge in [-0.05, 0) is 35.2 Å². The fourth-order valence-electron chi connectivity index (χ4n) is 3.31. The molecule has 0 N–H and O–H groups in total. The standard InChI is InChI=1S/C20H20FN3/c1-2-9-24-14-18(11-22-24)15-7-8-20(19(21)10-15)23-12-16-5-3-4-6-17(16)13-23/h3-8,10-11,14H,2,9,12-13H2,1H3. The monoisotopic (exact) mass is 321 g/mol. The quantitative estimate of drug-likeness (QED) is 0.699. The van der Waals surface area contributed by atoms with Gasteiger partial charge in [0.05, 0.1) is 11.9 Å². The highest BCUT2D eigenvalue weighted by molar-refractivity contribution is 5.66. The molecule has 0 radical (unpaired) electrons. The minimum Gasteiger partial charge on any atom is -0.360 e. The molecule has 3 nitrogen and oxygen atoms in total. The Morgan fingerprint density at radius 1 is 1.04 bits per heavy atom. The van der Waals surface area contributed by atoms with Crippen molar-refractivity contribution in [3.05, 3.63) is 71.8 Å². The van der Waals surface area contributed by atoms with E-state index in [9.17, 15) is 4.39 Å². The van der Waals surface area contributed by atoms with Crippen LogP contribution in [-0.2, 0) is 19.6 Å². The summed E-state index contributed by atoms with van der Waals surface area (Å²) in [4.78, 5) is 2.09. The van der Waals surface area contributed by atoms with Gasteiger partial charge in [0.25, 0.3) is 0 Å². The van der Waals surface area contributed by atoms with Gasteiger partial charge in [0.15, 0.2) is 0 Å². The maximum absolute atomic E-state index is 14.7. The maximum Gasteiger partial charge on any atom is 0.147 e. The normalized spacial score (nSPS) is 13.3. The fraction of sp³-hybridized carbons (Fsp3) is 0.250. The van der Waals surface area contributed by atoms with E-state index in [2.05, 4.69) is 29.1 Å². The summed E-state index contributed by atoms with van der Waals surface area (Å²) in [5, 5.41) is 4.32. The zero-order valence-electron chi connectivity index (χ0n) is 13.7. The number of hydrogen-bond acceptors (Lipinski definition) is 2. The summed E-state index contributed by atoms with van der Waals surface area (Å²) in [5.41, 5.74) is 5.05. The molecule has 0 saturated carbocycles. The Kier molecular flexibility index (Phi) is 3.81. The molecule has 0 spiro atoms. The van der Waals surface area contributed by atoms with E-state index in [1.165, 1.54) is 11.1 Å². The van der Waals surface area contributed by atoms with E-state index in [1.54, 1.807) is 12.3 Å². The van der Waals surface area contributed by atoms with Crippen molar-refractivity contribution in [2.75, 3.05) is 4.90 Å². The van der Waals surface area contributed by atoms with Crippen molar-refractivity contribution in [3.8, 4) is 11.1 Å². The van der Waals surface area contributed by atoms with E-state index in [4.69, 9.17) is 0 Å². The summed E-state index contributed by atoms with van der Waals surface area (Å²) in [5.74, 6) is -0.177. The minimum atomic E-state index is -0.177. The first-order valence-corrected chi connectivity index (χ1v) is 8.38. The Morgan fingerprint density at radius 3 is 2.46 bits per heavy atom. The van der Waals surface area contributed by atoms with Crippen molar-refractivity contribution in [3.63, 3.8) is 0 Å². The Bertz CT molecular complexity index is 844. The Labute approximate surface area is 141 Å². The first-order valence-electron chi connectivity index (χ1n) is 8.38. The second kappa shape index (κ2) is 6.11. The van der Waals surface area contributed by atoms with Crippen LogP contribution in [0.4, 0.5) is 10.1 Å². The molecular formula is C20H20FN3. The average Bonchev–Trinajstić information content (AvgIpc) is 3.21. The lowest BCUT2D eigenvalue weighted by Crippen LogP contribution is -2.15. The van der Waals surface area contributed by atoms with Crippen LogP contribution in [0.3, 0.4) is 0 Å². The van der Waals surface area contributed by atoms with Gasteiger partial charge in [-0.2, -0.15) is 5.10 Å². The third kappa shape index (κ3) is 2.68. The molecule has 2 aromatic carbocycles. The van der Waals surface area contributed by atoms with Crippen LogP contribution in [0.1, 0.15) is 24.5 Å². The predicted octanol–water partition coefficient (Wildman–Crippen LogP) is 4.62. The van der Waals surface area contributed by atoms with Gasteiger partial charge in [0, 0.05) is 31.4 Å². The zero-order valence-corrected chi connectivity index (χ0v) is 13.7. The fourth-order valence-corrected chi connectivity index (χ4v) is 3.31. The molecule has 0 amide bonds. The lowest BCUT2D eigenvalue weighted by molar-refractivity contribution is 0.603. The zero-order chi connectivity index (χ0) is 16.5. The van der Waals surface area contributed by atoms with Crippen molar-refractivity contribution >= 4 is 5.69 Å². The predicted molar refractivity (Wildman–Crippen MR) is 94.2 cm³/mol. The molecule has 1 aromatic heterocycles. The number of rotatable bonds is 4. The summed E-state index contributed by atoms with van der Waals surface area (Å²) in [6.07, 6.45) is 4.81. The number of aromatic nitrogens is 2. The van der Waals surface area contributed by atoms with Crippen LogP contribution in [0, 0.1) is 5.82 Å². The SMILES string of the molecule is CCCn1cc(-c2ccc(N3Cc4ccccc4C3)c(F)c2)cn1. The summed E-state index contributed by atoms with van der Waals surface area (Å²) in [6, 6.07) is 13.8. The summed E-state index contributed by atoms with van der Waals surface area (Å²) < 4.78 is 16.6. The number of benzene rings is 2. The first kappa shape index (κ1) is 14.9. The first-order chi connectivity index (χ1) is 11.7. The highest BCUT2D eigenvalue weighted by Gasteiger charge is 2.21. The van der Waals surface area contributed by atoms with E-state index < -0.39 is 0 Å². The number of aryl methyl sites for hydroxylation is 1. The third-order valence-corrected chi connectivity index (χ3v) is 4.55. The third-order valence-electron chi connectivity index (χ3n) is 4.55. The van der Waals surface area contributed by atoms with Crippen LogP contribution >= 0.6 is 0 Å². The lowest BCUT2D eigenvalue weighted by atomic mass is 10.1. The molecule has 0 atom stereocenters. The summed E-state index contributed by atoms with van der Waals surface area (Å²) >= 11 is 0. The van der Waals surface area contributed by atoms with Gasteiger partial charge in [-0.1, -0.05) is 37.3 Å². The highest BCUT2D eigenvalue weighted by Crippen LogP contribution is 2.32. The van der Waals surface area contributed by atoms with Gasteiger partial charge in [-0.3, -0.25) is 4.68 Å². The number of fused-ring (bicyclic) bond motifs is 1. The van der Waals surface area contributed by atoms with Crippen molar-refractivity contribution in [2.24, 2.45) is 0 Å². The van der Waals surface area contributed by atoms with Gasteiger partial charge >= 0.3 is 0 Å². The number of halogens is 1. The molecule has 0 saturated heterocycles. The second-order valence-electron chi connectivity index (χ2n) is 6.28. The van der Waals surface area contributed by atoms with Gasteiger partial charge in [-0.25, -0.2) is 4.39 Å². The van der Waals surface area contributed by atoms with E-state index in [0.29, 0.717) is 5.69 Å². The molecule has 0 aliphatic carbocycles. The van der Waals surface area contributed by atoms with E-state index in [-0.39, 0.29) is 5.82 Å². The summed E-state index contributed by atoms with van der Waals surface area (Å²) in [6.45, 7) is 4.53. The van der Waals surface area contributed by atoms with Crippen molar-refractivity contribution in [1.82, 2.24) is 9.78 Å². The van der Waals surface area contributed by atoms with E-state index in [0.717, 1.165) is 37.2 Å². The Balaban J connectivity index is 1.59. The Hall–Kier alpha value is -2.62. The molecule has 1 aliphatic rings. The van der Waals surface area contributed by atoms with Crippen molar-refractivity contribution < 1.29 is 4.39 Å². The van der Waals surface area contributed by atoms with Crippen LogP contribution in [-0.4, -0.2) is 9.78 Å². The largest absolute Gasteiger partial charge is 0.360 e. The van der Waals surface area contributed by atoms with Crippen LogP contribution < -0.4 is 4.90 Å². The number of anilines is 1. The molecule has 0 unspecified atom stereocenters.